The number of aromatic hydroxyl groups is 2. The van der Waals surface area contributed by atoms with E-state index in [9.17, 15) is 24.4 Å². The Morgan fingerprint density at radius 1 is 1.25 bits per heavy atom. The molecule has 0 saturated heterocycles. The summed E-state index contributed by atoms with van der Waals surface area (Å²) in [4.78, 5) is 40.7. The summed E-state index contributed by atoms with van der Waals surface area (Å²) in [5, 5.41) is 21.3. The second-order valence-corrected chi connectivity index (χ2v) is 8.62. The van der Waals surface area contributed by atoms with E-state index < -0.39 is 31.5 Å². The highest BCUT2D eigenvalue weighted by Crippen LogP contribution is 2.57. The first kappa shape index (κ1) is 24.0. The summed E-state index contributed by atoms with van der Waals surface area (Å²) in [6.07, 6.45) is 2.62. The highest BCUT2D eigenvalue weighted by molar-refractivity contribution is 7.46. The second-order valence-electron chi connectivity index (χ2n) is 7.38. The van der Waals surface area contributed by atoms with Crippen molar-refractivity contribution in [3.63, 3.8) is 0 Å². The summed E-state index contributed by atoms with van der Waals surface area (Å²) >= 11 is 0. The molecule has 0 spiro atoms. The average molecular weight is 473 g/mol. The molecule has 32 heavy (non-hydrogen) atoms. The van der Waals surface area contributed by atoms with Crippen LogP contribution < -0.4 is 0 Å². The van der Waals surface area contributed by atoms with Gasteiger partial charge in [0.2, 0.25) is 11.8 Å². The number of phosphoric ester groups is 1. The minimum absolute atomic E-state index is 0.0500. The van der Waals surface area contributed by atoms with Gasteiger partial charge in [0.05, 0.1) is 24.3 Å². The summed E-state index contributed by atoms with van der Waals surface area (Å²) < 4.78 is 32.0. The molecule has 0 radical (unpaired) electrons. The molecule has 1 aromatic rings. The number of hydrogen-bond acceptors (Lipinski definition) is 9. The first-order valence-electron chi connectivity index (χ1n) is 9.65. The quantitative estimate of drug-likeness (QED) is 0.120. The van der Waals surface area contributed by atoms with E-state index in [0.29, 0.717) is 5.56 Å². The van der Waals surface area contributed by atoms with Gasteiger partial charge in [-0.05, 0) is 19.4 Å². The van der Waals surface area contributed by atoms with Crippen LogP contribution in [0, 0.1) is 0 Å². The zero-order valence-corrected chi connectivity index (χ0v) is 18.1. The smallest absolute Gasteiger partial charge is 0.469 e. The molecule has 0 aromatic carbocycles. The Morgan fingerprint density at radius 3 is 2.62 bits per heavy atom. The average Bonchev–Trinajstić information content (AvgIpc) is 3.34. The van der Waals surface area contributed by atoms with Crippen LogP contribution in [-0.2, 0) is 45.0 Å². The fraction of sp³-hybridized carbons (Fsp3) is 0.474. The highest BCUT2D eigenvalue weighted by atomic mass is 31.2. The van der Waals surface area contributed by atoms with Gasteiger partial charge in [0.25, 0.3) is 0 Å². The van der Waals surface area contributed by atoms with E-state index >= 15 is 0 Å². The number of esters is 2. The topological polar surface area (TPSA) is 174 Å². The molecule has 1 aromatic heterocycles. The number of hydrogen-bond donors (Lipinski definition) is 4. The third-order valence-corrected chi connectivity index (χ3v) is 5.48. The Hall–Kier alpha value is -2.63. The summed E-state index contributed by atoms with van der Waals surface area (Å²) in [6.45, 7) is 4.24. The Bertz CT molecular complexity index is 1010. The second kappa shape index (κ2) is 9.08. The minimum Gasteiger partial charge on any atom is -0.494 e. The lowest BCUT2D eigenvalue weighted by molar-refractivity contribution is -0.147. The number of fused-ring (bicyclic) bond motifs is 5. The molecular weight excluding hydrogens is 449 g/mol. The third-order valence-electron chi connectivity index (χ3n) is 4.96. The Kier molecular flexibility index (Phi) is 6.82. The Labute approximate surface area is 182 Å². The maximum absolute atomic E-state index is 11.8. The molecule has 2 aliphatic heterocycles. The van der Waals surface area contributed by atoms with Crippen LogP contribution in [0.5, 0.6) is 11.8 Å². The van der Waals surface area contributed by atoms with Gasteiger partial charge in [0.1, 0.15) is 19.3 Å². The van der Waals surface area contributed by atoms with Crippen LogP contribution in [0.3, 0.4) is 0 Å². The molecule has 2 aliphatic rings. The van der Waals surface area contributed by atoms with Crippen LogP contribution in [-0.4, -0.2) is 56.3 Å². The van der Waals surface area contributed by atoms with Gasteiger partial charge in [-0.2, -0.15) is 0 Å². The van der Waals surface area contributed by atoms with Crippen molar-refractivity contribution >= 4 is 19.8 Å². The number of rotatable bonds is 11. The summed E-state index contributed by atoms with van der Waals surface area (Å²) in [6, 6.07) is 0. The molecule has 2 atom stereocenters. The molecule has 12 nitrogen and oxygen atoms in total. The lowest BCUT2D eigenvalue weighted by Crippen LogP contribution is -2.29. The van der Waals surface area contributed by atoms with E-state index in [4.69, 9.17) is 24.0 Å². The molecule has 13 heteroatoms. The molecular formula is C19H24NO11P. The molecule has 176 valence electrons. The normalized spacial score (nSPS) is 20.9. The van der Waals surface area contributed by atoms with Crippen LogP contribution >= 0.6 is 7.82 Å². The van der Waals surface area contributed by atoms with E-state index in [1.165, 1.54) is 6.92 Å². The summed E-state index contributed by atoms with van der Waals surface area (Å²) in [5.41, 5.74) is -0.416. The van der Waals surface area contributed by atoms with Gasteiger partial charge in [-0.1, -0.05) is 12.7 Å². The zero-order valence-electron chi connectivity index (χ0n) is 17.2. The van der Waals surface area contributed by atoms with Crippen LogP contribution in [0.1, 0.15) is 37.0 Å². The fourth-order valence-corrected chi connectivity index (χ4v) is 3.90. The van der Waals surface area contributed by atoms with Gasteiger partial charge in [-0.15, -0.1) is 0 Å². The van der Waals surface area contributed by atoms with Crippen molar-refractivity contribution in [2.24, 2.45) is 0 Å². The highest BCUT2D eigenvalue weighted by Gasteiger charge is 2.53. The van der Waals surface area contributed by atoms with Crippen LogP contribution in [0.15, 0.2) is 24.3 Å². The molecule has 0 aliphatic carbocycles. The summed E-state index contributed by atoms with van der Waals surface area (Å²) in [5.74, 6) is -1.81. The largest absolute Gasteiger partial charge is 0.494 e. The van der Waals surface area contributed by atoms with Gasteiger partial charge in [-0.3, -0.25) is 13.9 Å². The predicted octanol–water partition coefficient (Wildman–Crippen LogP) is 1.29. The van der Waals surface area contributed by atoms with Crippen LogP contribution in [0.25, 0.3) is 0 Å². The standard InChI is InChI=1S/C19H24NO11P/c1-11(2)18(24)29-10-19-6-5-12(31-19)14-15(19)17(23)20(16(14)22)7-9-28-13(21)4-3-8-30-32(25,26)27/h5-6,12,22-23H,1,3-4,7-10H2,2H3,(H2,25,26,27). The molecule has 2 unspecified atom stereocenters. The molecule has 2 bridgehead atoms. The molecule has 0 fully saturated rings. The number of nitrogens with zero attached hydrogens (tertiary/aromatic N) is 1. The van der Waals surface area contributed by atoms with Crippen molar-refractivity contribution in [1.29, 1.82) is 0 Å². The van der Waals surface area contributed by atoms with Crippen molar-refractivity contribution in [1.82, 2.24) is 4.57 Å². The number of carbonyl (C=O) groups excluding carboxylic acids is 2. The van der Waals surface area contributed by atoms with Crippen molar-refractivity contribution < 1.29 is 52.9 Å². The first-order valence-corrected chi connectivity index (χ1v) is 11.2. The lowest BCUT2D eigenvalue weighted by atomic mass is 9.90. The Morgan fingerprint density at radius 2 is 1.97 bits per heavy atom. The number of ether oxygens (including phenoxy) is 3. The molecule has 3 rings (SSSR count). The predicted molar refractivity (Wildman–Crippen MR) is 106 cm³/mol. The van der Waals surface area contributed by atoms with Crippen LogP contribution in [0.4, 0.5) is 0 Å². The minimum atomic E-state index is -4.58. The third kappa shape index (κ3) is 4.89. The van der Waals surface area contributed by atoms with Gasteiger partial charge >= 0.3 is 19.8 Å². The van der Waals surface area contributed by atoms with Crippen molar-refractivity contribution in [3.8, 4) is 11.8 Å². The summed E-state index contributed by atoms with van der Waals surface area (Å²) in [7, 11) is -4.58. The van der Waals surface area contributed by atoms with Crippen molar-refractivity contribution in [2.75, 3.05) is 19.8 Å². The van der Waals surface area contributed by atoms with Crippen molar-refractivity contribution in [2.45, 2.75) is 38.0 Å². The fourth-order valence-electron chi connectivity index (χ4n) is 3.53. The monoisotopic (exact) mass is 473 g/mol. The number of phosphoric acid groups is 1. The maximum atomic E-state index is 11.8. The molecule has 0 amide bonds. The van der Waals surface area contributed by atoms with Crippen LogP contribution in [0.2, 0.25) is 0 Å². The van der Waals surface area contributed by atoms with E-state index in [-0.39, 0.29) is 62.1 Å². The molecule has 3 heterocycles. The van der Waals surface area contributed by atoms with Gasteiger partial charge in [0.15, 0.2) is 5.60 Å². The molecule has 4 N–H and O–H groups in total. The van der Waals surface area contributed by atoms with E-state index in [2.05, 4.69) is 11.1 Å². The molecule has 0 saturated carbocycles. The SMILES string of the molecule is C=C(C)C(=O)OCC12C=CC(O1)c1c2c(O)n(CCOC(=O)CCCOP(=O)(O)O)c1O. The van der Waals surface area contributed by atoms with E-state index in [1.807, 2.05) is 0 Å². The van der Waals surface area contributed by atoms with Gasteiger partial charge in [0, 0.05) is 12.0 Å². The van der Waals surface area contributed by atoms with Crippen molar-refractivity contribution in [3.05, 3.63) is 35.4 Å². The van der Waals surface area contributed by atoms with E-state index in [0.717, 1.165) is 4.57 Å². The lowest BCUT2D eigenvalue weighted by Gasteiger charge is -2.23. The number of carbonyl (C=O) groups is 2. The maximum Gasteiger partial charge on any atom is 0.469 e. The Balaban J connectivity index is 1.60. The van der Waals surface area contributed by atoms with E-state index in [1.54, 1.807) is 12.2 Å². The zero-order chi connectivity index (χ0) is 23.7. The van der Waals surface area contributed by atoms with Gasteiger partial charge in [-0.25, -0.2) is 9.36 Å². The first-order chi connectivity index (χ1) is 14.9. The van der Waals surface area contributed by atoms with Gasteiger partial charge < -0.3 is 34.2 Å². The number of aromatic nitrogens is 1.